The van der Waals surface area contributed by atoms with E-state index in [-0.39, 0.29) is 0 Å². The number of hydrogen-bond donors (Lipinski definition) is 2. The standard InChI is InChI=1S/C9H20N2OS2/c1-2-3-12-6-8(11-10)9-7-13-4-5-14-9/h8-9,11H,2-7,10H2,1H3. The third kappa shape index (κ3) is 4.40. The first kappa shape index (κ1) is 12.6. The van der Waals surface area contributed by atoms with E-state index in [1.807, 2.05) is 23.5 Å². The summed E-state index contributed by atoms with van der Waals surface area (Å²) in [6, 6.07) is 0.305. The van der Waals surface area contributed by atoms with Crippen molar-refractivity contribution in [3.63, 3.8) is 0 Å². The fourth-order valence-corrected chi connectivity index (χ4v) is 4.21. The van der Waals surface area contributed by atoms with Crippen molar-refractivity contribution in [1.29, 1.82) is 0 Å². The van der Waals surface area contributed by atoms with Crippen LogP contribution in [0.1, 0.15) is 13.3 Å². The highest BCUT2D eigenvalue weighted by molar-refractivity contribution is 8.06. The SMILES string of the molecule is CCCOCC(NN)C1CSCCS1. The van der Waals surface area contributed by atoms with Crippen LogP contribution in [0.4, 0.5) is 0 Å². The molecule has 84 valence electrons. The second-order valence-corrected chi connectivity index (χ2v) is 5.83. The number of thioether (sulfide) groups is 2. The lowest BCUT2D eigenvalue weighted by Crippen LogP contribution is -2.47. The van der Waals surface area contributed by atoms with Gasteiger partial charge in [0, 0.05) is 29.1 Å². The van der Waals surface area contributed by atoms with Crippen molar-refractivity contribution in [2.45, 2.75) is 24.6 Å². The minimum absolute atomic E-state index is 0.305. The summed E-state index contributed by atoms with van der Waals surface area (Å²) in [6.07, 6.45) is 1.07. The van der Waals surface area contributed by atoms with Crippen LogP contribution in [0.5, 0.6) is 0 Å². The Morgan fingerprint density at radius 2 is 2.43 bits per heavy atom. The largest absolute Gasteiger partial charge is 0.380 e. The van der Waals surface area contributed by atoms with Gasteiger partial charge in [0.1, 0.15) is 0 Å². The predicted octanol–water partition coefficient (Wildman–Crippen LogP) is 1.09. The summed E-state index contributed by atoms with van der Waals surface area (Å²) in [4.78, 5) is 0. The Bertz CT molecular complexity index is 143. The lowest BCUT2D eigenvalue weighted by molar-refractivity contribution is 0.112. The molecular formula is C9H20N2OS2. The molecule has 0 radical (unpaired) electrons. The summed E-state index contributed by atoms with van der Waals surface area (Å²) in [5.41, 5.74) is 2.87. The minimum atomic E-state index is 0.305. The molecule has 1 rings (SSSR count). The van der Waals surface area contributed by atoms with Crippen LogP contribution in [-0.2, 0) is 4.74 Å². The van der Waals surface area contributed by atoms with Crippen LogP contribution in [0.25, 0.3) is 0 Å². The number of rotatable bonds is 6. The van der Waals surface area contributed by atoms with Gasteiger partial charge in [0.15, 0.2) is 0 Å². The fraction of sp³-hybridized carbons (Fsp3) is 1.00. The van der Waals surface area contributed by atoms with Gasteiger partial charge in [0.05, 0.1) is 12.6 Å². The molecule has 0 bridgehead atoms. The molecule has 0 saturated carbocycles. The molecule has 14 heavy (non-hydrogen) atoms. The average molecular weight is 236 g/mol. The van der Waals surface area contributed by atoms with Crippen LogP contribution < -0.4 is 11.3 Å². The van der Waals surface area contributed by atoms with Gasteiger partial charge < -0.3 is 4.74 Å². The number of nitrogens with two attached hydrogens (primary N) is 1. The summed E-state index contributed by atoms with van der Waals surface area (Å²) in [6.45, 7) is 3.70. The predicted molar refractivity (Wildman–Crippen MR) is 65.8 cm³/mol. The highest BCUT2D eigenvalue weighted by Gasteiger charge is 2.23. The molecule has 0 aromatic carbocycles. The number of hydrogen-bond acceptors (Lipinski definition) is 5. The third-order valence-corrected chi connectivity index (χ3v) is 5.07. The summed E-state index contributed by atoms with van der Waals surface area (Å²) >= 11 is 4.02. The van der Waals surface area contributed by atoms with Gasteiger partial charge in [-0.1, -0.05) is 6.92 Å². The normalized spacial score (nSPS) is 24.9. The molecule has 3 N–H and O–H groups in total. The highest BCUT2D eigenvalue weighted by Crippen LogP contribution is 2.26. The summed E-state index contributed by atoms with van der Waals surface area (Å²) in [5, 5.41) is 0.607. The molecule has 0 aromatic heterocycles. The monoisotopic (exact) mass is 236 g/mol. The molecule has 1 saturated heterocycles. The first-order valence-electron chi connectivity index (χ1n) is 5.11. The van der Waals surface area contributed by atoms with Gasteiger partial charge in [0.25, 0.3) is 0 Å². The molecule has 0 amide bonds. The number of ether oxygens (including phenoxy) is 1. The van der Waals surface area contributed by atoms with E-state index in [2.05, 4.69) is 12.3 Å². The summed E-state index contributed by atoms with van der Waals surface area (Å²) in [7, 11) is 0. The van der Waals surface area contributed by atoms with Gasteiger partial charge in [-0.3, -0.25) is 11.3 Å². The van der Waals surface area contributed by atoms with E-state index in [1.165, 1.54) is 17.3 Å². The molecule has 1 heterocycles. The molecule has 5 heteroatoms. The third-order valence-electron chi connectivity index (χ3n) is 2.15. The van der Waals surface area contributed by atoms with E-state index >= 15 is 0 Å². The minimum Gasteiger partial charge on any atom is -0.380 e. The lowest BCUT2D eigenvalue weighted by atomic mass is 10.2. The molecule has 1 aliphatic heterocycles. The summed E-state index contributed by atoms with van der Waals surface area (Å²) < 4.78 is 5.52. The van der Waals surface area contributed by atoms with E-state index < -0.39 is 0 Å². The van der Waals surface area contributed by atoms with E-state index in [4.69, 9.17) is 10.6 Å². The molecule has 3 nitrogen and oxygen atoms in total. The maximum absolute atomic E-state index is 5.53. The van der Waals surface area contributed by atoms with Gasteiger partial charge in [-0.05, 0) is 6.42 Å². The van der Waals surface area contributed by atoms with Crippen LogP contribution in [-0.4, -0.2) is 41.8 Å². The Morgan fingerprint density at radius 1 is 1.57 bits per heavy atom. The average Bonchev–Trinajstić information content (AvgIpc) is 2.26. The molecule has 0 spiro atoms. The molecule has 1 aliphatic rings. The molecular weight excluding hydrogens is 216 g/mol. The molecule has 2 unspecified atom stereocenters. The van der Waals surface area contributed by atoms with Crippen molar-refractivity contribution < 1.29 is 4.74 Å². The number of hydrazine groups is 1. The smallest absolute Gasteiger partial charge is 0.0644 e. The molecule has 2 atom stereocenters. The van der Waals surface area contributed by atoms with Crippen molar-refractivity contribution in [1.82, 2.24) is 5.43 Å². The Hall–Kier alpha value is 0.580. The van der Waals surface area contributed by atoms with Crippen molar-refractivity contribution in [2.75, 3.05) is 30.5 Å². The zero-order chi connectivity index (χ0) is 10.2. The van der Waals surface area contributed by atoms with E-state index in [0.717, 1.165) is 19.6 Å². The van der Waals surface area contributed by atoms with Gasteiger partial charge in [-0.25, -0.2) is 0 Å². The Kier molecular flexibility index (Phi) is 7.06. The molecule has 0 aliphatic carbocycles. The quantitative estimate of drug-likeness (QED) is 0.411. The van der Waals surface area contributed by atoms with Crippen LogP contribution in [0.15, 0.2) is 0 Å². The van der Waals surface area contributed by atoms with E-state index in [0.29, 0.717) is 11.3 Å². The Morgan fingerprint density at radius 3 is 3.00 bits per heavy atom. The first-order valence-corrected chi connectivity index (χ1v) is 7.32. The van der Waals surface area contributed by atoms with Crippen molar-refractivity contribution >= 4 is 23.5 Å². The Balaban J connectivity index is 2.21. The topological polar surface area (TPSA) is 47.3 Å². The van der Waals surface area contributed by atoms with Crippen LogP contribution in [0.3, 0.4) is 0 Å². The van der Waals surface area contributed by atoms with E-state index in [9.17, 15) is 0 Å². The maximum Gasteiger partial charge on any atom is 0.0644 e. The van der Waals surface area contributed by atoms with Crippen LogP contribution in [0, 0.1) is 0 Å². The first-order chi connectivity index (χ1) is 6.88. The zero-order valence-corrected chi connectivity index (χ0v) is 10.3. The van der Waals surface area contributed by atoms with Gasteiger partial charge in [-0.15, -0.1) is 0 Å². The van der Waals surface area contributed by atoms with E-state index in [1.54, 1.807) is 0 Å². The van der Waals surface area contributed by atoms with Crippen LogP contribution >= 0.6 is 23.5 Å². The lowest BCUT2D eigenvalue weighted by Gasteiger charge is -2.28. The highest BCUT2D eigenvalue weighted by atomic mass is 32.2. The zero-order valence-electron chi connectivity index (χ0n) is 8.70. The molecule has 1 fully saturated rings. The fourth-order valence-electron chi connectivity index (χ4n) is 1.36. The number of nitrogens with one attached hydrogen (secondary N) is 1. The van der Waals surface area contributed by atoms with Crippen molar-refractivity contribution in [3.05, 3.63) is 0 Å². The van der Waals surface area contributed by atoms with Crippen molar-refractivity contribution in [3.8, 4) is 0 Å². The van der Waals surface area contributed by atoms with Crippen LogP contribution in [0.2, 0.25) is 0 Å². The second-order valence-electron chi connectivity index (χ2n) is 3.33. The maximum atomic E-state index is 5.53. The van der Waals surface area contributed by atoms with Gasteiger partial charge in [-0.2, -0.15) is 23.5 Å². The second kappa shape index (κ2) is 7.82. The molecule has 0 aromatic rings. The van der Waals surface area contributed by atoms with Gasteiger partial charge >= 0.3 is 0 Å². The van der Waals surface area contributed by atoms with Gasteiger partial charge in [0.2, 0.25) is 0 Å². The van der Waals surface area contributed by atoms with Crippen molar-refractivity contribution in [2.24, 2.45) is 5.84 Å². The summed E-state index contributed by atoms with van der Waals surface area (Å²) in [5.74, 6) is 9.23. The Labute approximate surface area is 94.9 Å².